The fraction of sp³-hybridized carbons (Fsp3) is 0.650. The second kappa shape index (κ2) is 9.19. The summed E-state index contributed by atoms with van der Waals surface area (Å²) in [5.41, 5.74) is 2.62. The van der Waals surface area contributed by atoms with Crippen molar-refractivity contribution in [3.63, 3.8) is 0 Å². The molecule has 1 unspecified atom stereocenters. The zero-order valence-electron chi connectivity index (χ0n) is 14.7. The standard InChI is InChI=1S/C20H31N3O/c24-20(9-8-17-10-11-21-14-17)22-15-18-6-2-3-7-19(18)16-23-12-4-1-5-13-23/h2-3,6-7,17,21H,1,4-5,8-16H2,(H,22,24). The zero-order valence-corrected chi connectivity index (χ0v) is 14.7. The molecule has 2 aliphatic heterocycles. The first-order valence-corrected chi connectivity index (χ1v) is 9.58. The van der Waals surface area contributed by atoms with Crippen molar-refractivity contribution in [2.75, 3.05) is 26.2 Å². The molecule has 4 heteroatoms. The monoisotopic (exact) mass is 329 g/mol. The van der Waals surface area contributed by atoms with E-state index in [4.69, 9.17) is 0 Å². The van der Waals surface area contributed by atoms with Crippen LogP contribution in [0.15, 0.2) is 24.3 Å². The third kappa shape index (κ3) is 5.32. The fourth-order valence-electron chi connectivity index (χ4n) is 3.82. The van der Waals surface area contributed by atoms with Gasteiger partial charge in [-0.2, -0.15) is 0 Å². The van der Waals surface area contributed by atoms with Gasteiger partial charge in [0.05, 0.1) is 0 Å². The molecular formula is C20H31N3O. The lowest BCUT2D eigenvalue weighted by molar-refractivity contribution is -0.121. The van der Waals surface area contributed by atoms with Gasteiger partial charge in [-0.15, -0.1) is 0 Å². The molecule has 2 N–H and O–H groups in total. The molecule has 132 valence electrons. The van der Waals surface area contributed by atoms with E-state index >= 15 is 0 Å². The van der Waals surface area contributed by atoms with Gasteiger partial charge in [-0.05, 0) is 68.9 Å². The first-order chi connectivity index (χ1) is 11.8. The second-order valence-corrected chi connectivity index (χ2v) is 7.28. The lowest BCUT2D eigenvalue weighted by atomic mass is 10.0. The number of likely N-dealkylation sites (tertiary alicyclic amines) is 1. The van der Waals surface area contributed by atoms with E-state index in [0.29, 0.717) is 18.9 Å². The first-order valence-electron chi connectivity index (χ1n) is 9.58. The van der Waals surface area contributed by atoms with E-state index in [1.165, 1.54) is 49.9 Å². The molecule has 3 rings (SSSR count). The van der Waals surface area contributed by atoms with Gasteiger partial charge in [0.2, 0.25) is 5.91 Å². The average molecular weight is 329 g/mol. The third-order valence-electron chi connectivity index (χ3n) is 5.38. The number of amides is 1. The Morgan fingerprint density at radius 2 is 1.96 bits per heavy atom. The van der Waals surface area contributed by atoms with E-state index in [0.717, 1.165) is 26.1 Å². The summed E-state index contributed by atoms with van der Waals surface area (Å²) in [6.45, 7) is 6.26. The molecule has 4 nitrogen and oxygen atoms in total. The number of hydrogen-bond acceptors (Lipinski definition) is 3. The van der Waals surface area contributed by atoms with Gasteiger partial charge in [0, 0.05) is 19.5 Å². The number of benzene rings is 1. The molecule has 2 fully saturated rings. The predicted molar refractivity (Wildman–Crippen MR) is 97.6 cm³/mol. The van der Waals surface area contributed by atoms with E-state index < -0.39 is 0 Å². The molecule has 2 aliphatic rings. The summed E-state index contributed by atoms with van der Waals surface area (Å²) in [4.78, 5) is 14.7. The van der Waals surface area contributed by atoms with E-state index in [1.807, 2.05) is 0 Å². The zero-order chi connectivity index (χ0) is 16.6. The maximum Gasteiger partial charge on any atom is 0.220 e. The minimum absolute atomic E-state index is 0.190. The van der Waals surface area contributed by atoms with Crippen molar-refractivity contribution >= 4 is 5.91 Å². The highest BCUT2D eigenvalue weighted by molar-refractivity contribution is 5.75. The van der Waals surface area contributed by atoms with Crippen molar-refractivity contribution in [2.45, 2.75) is 51.6 Å². The number of carbonyl (C=O) groups excluding carboxylic acids is 1. The molecule has 0 bridgehead atoms. The van der Waals surface area contributed by atoms with Crippen LogP contribution in [-0.4, -0.2) is 37.0 Å². The van der Waals surface area contributed by atoms with E-state index in [9.17, 15) is 4.79 Å². The largest absolute Gasteiger partial charge is 0.352 e. The summed E-state index contributed by atoms with van der Waals surface area (Å²) in [6.07, 6.45) is 6.87. The van der Waals surface area contributed by atoms with Crippen LogP contribution in [0.5, 0.6) is 0 Å². The van der Waals surface area contributed by atoms with Crippen molar-refractivity contribution in [3.05, 3.63) is 35.4 Å². The van der Waals surface area contributed by atoms with Gasteiger partial charge in [-0.25, -0.2) is 0 Å². The Labute approximate surface area is 146 Å². The van der Waals surface area contributed by atoms with Crippen molar-refractivity contribution in [1.29, 1.82) is 0 Å². The molecule has 2 saturated heterocycles. The Morgan fingerprint density at radius 3 is 2.71 bits per heavy atom. The van der Waals surface area contributed by atoms with Crippen molar-refractivity contribution < 1.29 is 4.79 Å². The van der Waals surface area contributed by atoms with Crippen LogP contribution < -0.4 is 10.6 Å². The van der Waals surface area contributed by atoms with Gasteiger partial charge in [0.1, 0.15) is 0 Å². The van der Waals surface area contributed by atoms with Gasteiger partial charge < -0.3 is 10.6 Å². The Bertz CT molecular complexity index is 519. The third-order valence-corrected chi connectivity index (χ3v) is 5.38. The summed E-state index contributed by atoms with van der Waals surface area (Å²) in [6, 6.07) is 8.55. The number of hydrogen-bond donors (Lipinski definition) is 2. The molecule has 1 aromatic rings. The molecule has 1 aromatic carbocycles. The van der Waals surface area contributed by atoms with Crippen LogP contribution in [0.4, 0.5) is 0 Å². The van der Waals surface area contributed by atoms with Gasteiger partial charge in [0.15, 0.2) is 0 Å². The molecule has 0 aromatic heterocycles. The number of piperidine rings is 1. The van der Waals surface area contributed by atoms with Crippen LogP contribution in [-0.2, 0) is 17.9 Å². The number of rotatable bonds is 7. The SMILES string of the molecule is O=C(CCC1CCNC1)NCc1ccccc1CN1CCCCC1. The molecule has 2 heterocycles. The van der Waals surface area contributed by atoms with Crippen molar-refractivity contribution in [3.8, 4) is 0 Å². The highest BCUT2D eigenvalue weighted by Crippen LogP contribution is 2.17. The predicted octanol–water partition coefficient (Wildman–Crippen LogP) is 2.68. The lowest BCUT2D eigenvalue weighted by Gasteiger charge is -2.27. The Hall–Kier alpha value is -1.39. The van der Waals surface area contributed by atoms with Crippen LogP contribution in [0.1, 0.15) is 49.7 Å². The highest BCUT2D eigenvalue weighted by Gasteiger charge is 2.16. The van der Waals surface area contributed by atoms with Crippen LogP contribution in [0.25, 0.3) is 0 Å². The summed E-state index contributed by atoms with van der Waals surface area (Å²) in [5.74, 6) is 0.872. The van der Waals surface area contributed by atoms with Gasteiger partial charge in [-0.3, -0.25) is 9.69 Å². The van der Waals surface area contributed by atoms with Gasteiger partial charge >= 0.3 is 0 Å². The number of nitrogens with zero attached hydrogens (tertiary/aromatic N) is 1. The van der Waals surface area contributed by atoms with Crippen molar-refractivity contribution in [1.82, 2.24) is 15.5 Å². The minimum atomic E-state index is 0.190. The molecule has 0 radical (unpaired) electrons. The fourth-order valence-corrected chi connectivity index (χ4v) is 3.82. The number of nitrogens with one attached hydrogen (secondary N) is 2. The quantitative estimate of drug-likeness (QED) is 0.808. The molecular weight excluding hydrogens is 298 g/mol. The molecule has 0 spiro atoms. The topological polar surface area (TPSA) is 44.4 Å². The summed E-state index contributed by atoms with van der Waals surface area (Å²) >= 11 is 0. The maximum absolute atomic E-state index is 12.1. The van der Waals surface area contributed by atoms with Crippen LogP contribution in [0, 0.1) is 5.92 Å². The average Bonchev–Trinajstić information content (AvgIpc) is 3.14. The maximum atomic E-state index is 12.1. The Morgan fingerprint density at radius 1 is 1.17 bits per heavy atom. The summed E-state index contributed by atoms with van der Waals surface area (Å²) < 4.78 is 0. The molecule has 1 amide bonds. The number of carbonyl (C=O) groups is 1. The molecule has 24 heavy (non-hydrogen) atoms. The minimum Gasteiger partial charge on any atom is -0.352 e. The van der Waals surface area contributed by atoms with E-state index in [1.54, 1.807) is 0 Å². The smallest absolute Gasteiger partial charge is 0.220 e. The van der Waals surface area contributed by atoms with Crippen LogP contribution in [0.3, 0.4) is 0 Å². The first kappa shape index (κ1) is 17.4. The second-order valence-electron chi connectivity index (χ2n) is 7.28. The molecule has 0 aliphatic carbocycles. The van der Waals surface area contributed by atoms with E-state index in [-0.39, 0.29) is 5.91 Å². The Balaban J connectivity index is 1.46. The normalized spacial score (nSPS) is 21.8. The van der Waals surface area contributed by atoms with Crippen molar-refractivity contribution in [2.24, 2.45) is 5.92 Å². The van der Waals surface area contributed by atoms with E-state index in [2.05, 4.69) is 39.8 Å². The molecule has 1 atom stereocenters. The lowest BCUT2D eigenvalue weighted by Crippen LogP contribution is -2.30. The highest BCUT2D eigenvalue weighted by atomic mass is 16.1. The van der Waals surface area contributed by atoms with Crippen LogP contribution >= 0.6 is 0 Å². The Kier molecular flexibility index (Phi) is 6.67. The molecule has 0 saturated carbocycles. The van der Waals surface area contributed by atoms with Gasteiger partial charge in [-0.1, -0.05) is 30.7 Å². The summed E-state index contributed by atoms with van der Waals surface area (Å²) in [5, 5.41) is 6.49. The summed E-state index contributed by atoms with van der Waals surface area (Å²) in [7, 11) is 0. The van der Waals surface area contributed by atoms with Gasteiger partial charge in [0.25, 0.3) is 0 Å². The van der Waals surface area contributed by atoms with Crippen LogP contribution in [0.2, 0.25) is 0 Å².